The molecule has 4 heteroatoms. The van der Waals surface area contributed by atoms with Crippen LogP contribution >= 0.6 is 0 Å². The molecule has 0 spiro atoms. The number of hydrogen-bond acceptors (Lipinski definition) is 4. The van der Waals surface area contributed by atoms with Crippen molar-refractivity contribution in [2.45, 2.75) is 33.0 Å². The Hall–Kier alpha value is -1.16. The Kier molecular flexibility index (Phi) is 1.92. The number of hydrogen-bond donors (Lipinski definition) is 1. The number of anilines is 1. The molecule has 1 aromatic heterocycles. The normalized spacial score (nSPS) is 16.5. The van der Waals surface area contributed by atoms with Crippen LogP contribution in [0.5, 0.6) is 0 Å². The van der Waals surface area contributed by atoms with E-state index in [1.807, 2.05) is 6.20 Å². The van der Waals surface area contributed by atoms with Gasteiger partial charge in [-0.2, -0.15) is 0 Å². The van der Waals surface area contributed by atoms with E-state index in [0.29, 0.717) is 12.0 Å². The van der Waals surface area contributed by atoms with Crippen molar-refractivity contribution >= 4 is 5.95 Å². The first-order valence-corrected chi connectivity index (χ1v) is 4.51. The van der Waals surface area contributed by atoms with Gasteiger partial charge in [-0.3, -0.25) is 4.90 Å². The van der Waals surface area contributed by atoms with E-state index in [1.54, 1.807) is 0 Å². The highest BCUT2D eigenvalue weighted by Gasteiger charge is 2.22. The SMILES string of the molecule is CC(C)N1Cc2cnc(N)nc2C1. The molecular weight excluding hydrogens is 164 g/mol. The van der Waals surface area contributed by atoms with E-state index in [2.05, 4.69) is 28.7 Å². The second-order valence-corrected chi connectivity index (χ2v) is 3.70. The number of nitrogen functional groups attached to an aromatic ring is 1. The molecule has 1 aliphatic rings. The van der Waals surface area contributed by atoms with Gasteiger partial charge in [0.2, 0.25) is 5.95 Å². The number of nitrogens with zero attached hydrogens (tertiary/aromatic N) is 3. The van der Waals surface area contributed by atoms with Gasteiger partial charge in [0, 0.05) is 30.9 Å². The molecule has 0 aromatic carbocycles. The molecular formula is C9H14N4. The predicted octanol–water partition coefficient (Wildman–Crippen LogP) is 0.783. The Bertz CT molecular complexity index is 321. The lowest BCUT2D eigenvalue weighted by Gasteiger charge is -2.18. The molecule has 13 heavy (non-hydrogen) atoms. The third-order valence-corrected chi connectivity index (χ3v) is 2.43. The molecule has 1 aliphatic heterocycles. The lowest BCUT2D eigenvalue weighted by Crippen LogP contribution is -2.24. The molecule has 0 amide bonds. The molecule has 1 aromatic rings. The molecule has 0 unspecified atom stereocenters. The van der Waals surface area contributed by atoms with E-state index in [9.17, 15) is 0 Å². The molecule has 0 aliphatic carbocycles. The van der Waals surface area contributed by atoms with Crippen LogP contribution in [0.15, 0.2) is 6.20 Å². The monoisotopic (exact) mass is 178 g/mol. The smallest absolute Gasteiger partial charge is 0.220 e. The van der Waals surface area contributed by atoms with Crippen LogP contribution in [-0.4, -0.2) is 20.9 Å². The maximum Gasteiger partial charge on any atom is 0.220 e. The second-order valence-electron chi connectivity index (χ2n) is 3.70. The standard InChI is InChI=1S/C9H14N4/c1-6(2)13-4-7-3-11-9(10)12-8(7)5-13/h3,6H,4-5H2,1-2H3,(H2,10,11,12). The van der Waals surface area contributed by atoms with Gasteiger partial charge >= 0.3 is 0 Å². The van der Waals surface area contributed by atoms with Crippen molar-refractivity contribution in [3.05, 3.63) is 17.5 Å². The number of rotatable bonds is 1. The van der Waals surface area contributed by atoms with E-state index in [0.717, 1.165) is 18.8 Å². The van der Waals surface area contributed by atoms with Gasteiger partial charge in [0.05, 0.1) is 5.69 Å². The molecule has 0 radical (unpaired) electrons. The molecule has 0 saturated heterocycles. The molecule has 0 bridgehead atoms. The summed E-state index contributed by atoms with van der Waals surface area (Å²) in [6.45, 7) is 6.22. The zero-order valence-corrected chi connectivity index (χ0v) is 7.99. The van der Waals surface area contributed by atoms with Crippen molar-refractivity contribution < 1.29 is 0 Å². The van der Waals surface area contributed by atoms with Crippen molar-refractivity contribution in [2.75, 3.05) is 5.73 Å². The molecule has 2 rings (SSSR count). The van der Waals surface area contributed by atoms with Crippen molar-refractivity contribution in [3.8, 4) is 0 Å². The van der Waals surface area contributed by atoms with Crippen LogP contribution in [0.2, 0.25) is 0 Å². The van der Waals surface area contributed by atoms with Crippen molar-refractivity contribution in [3.63, 3.8) is 0 Å². The largest absolute Gasteiger partial charge is 0.368 e. The maximum atomic E-state index is 5.51. The van der Waals surface area contributed by atoms with Crippen molar-refractivity contribution in [1.29, 1.82) is 0 Å². The highest BCUT2D eigenvalue weighted by molar-refractivity contribution is 5.27. The Morgan fingerprint density at radius 2 is 2.23 bits per heavy atom. The van der Waals surface area contributed by atoms with E-state index >= 15 is 0 Å². The second kappa shape index (κ2) is 2.96. The number of nitrogens with two attached hydrogens (primary N) is 1. The van der Waals surface area contributed by atoms with E-state index in [4.69, 9.17) is 5.73 Å². The van der Waals surface area contributed by atoms with Gasteiger partial charge in [-0.25, -0.2) is 9.97 Å². The van der Waals surface area contributed by atoms with Gasteiger partial charge < -0.3 is 5.73 Å². The Morgan fingerprint density at radius 3 is 2.92 bits per heavy atom. The average molecular weight is 178 g/mol. The van der Waals surface area contributed by atoms with Crippen LogP contribution < -0.4 is 5.73 Å². The third kappa shape index (κ3) is 1.49. The summed E-state index contributed by atoms with van der Waals surface area (Å²) in [6, 6.07) is 0.551. The first kappa shape index (κ1) is 8.44. The minimum absolute atomic E-state index is 0.379. The highest BCUT2D eigenvalue weighted by Crippen LogP contribution is 2.22. The van der Waals surface area contributed by atoms with Gasteiger partial charge in [0.1, 0.15) is 0 Å². The third-order valence-electron chi connectivity index (χ3n) is 2.43. The van der Waals surface area contributed by atoms with E-state index in [-0.39, 0.29) is 0 Å². The van der Waals surface area contributed by atoms with Gasteiger partial charge in [-0.15, -0.1) is 0 Å². The minimum atomic E-state index is 0.379. The zero-order chi connectivity index (χ0) is 9.42. The van der Waals surface area contributed by atoms with Crippen molar-refractivity contribution in [1.82, 2.24) is 14.9 Å². The molecule has 0 atom stereocenters. The van der Waals surface area contributed by atoms with Crippen LogP contribution in [0, 0.1) is 0 Å². The maximum absolute atomic E-state index is 5.51. The summed E-state index contributed by atoms with van der Waals surface area (Å²) < 4.78 is 0. The summed E-state index contributed by atoms with van der Waals surface area (Å²) >= 11 is 0. The molecule has 0 saturated carbocycles. The first-order valence-electron chi connectivity index (χ1n) is 4.51. The summed E-state index contributed by atoms with van der Waals surface area (Å²) in [5.41, 5.74) is 7.81. The summed E-state index contributed by atoms with van der Waals surface area (Å²) in [6.07, 6.45) is 1.83. The Labute approximate surface area is 77.8 Å². The fourth-order valence-electron chi connectivity index (χ4n) is 1.56. The van der Waals surface area contributed by atoms with Gasteiger partial charge in [-0.1, -0.05) is 0 Å². The number of aromatic nitrogens is 2. The van der Waals surface area contributed by atoms with Crippen LogP contribution in [0.1, 0.15) is 25.1 Å². The van der Waals surface area contributed by atoms with Gasteiger partial charge in [0.25, 0.3) is 0 Å². The molecule has 0 fully saturated rings. The Morgan fingerprint density at radius 1 is 1.46 bits per heavy atom. The summed E-state index contributed by atoms with van der Waals surface area (Å²) in [5, 5.41) is 0. The van der Waals surface area contributed by atoms with Crippen LogP contribution in [0.4, 0.5) is 5.95 Å². The van der Waals surface area contributed by atoms with Crippen LogP contribution in [0.25, 0.3) is 0 Å². The topological polar surface area (TPSA) is 55.0 Å². The summed E-state index contributed by atoms with van der Waals surface area (Å²) in [4.78, 5) is 10.5. The first-order chi connectivity index (χ1) is 6.16. The average Bonchev–Trinajstić information content (AvgIpc) is 2.46. The fraction of sp³-hybridized carbons (Fsp3) is 0.556. The van der Waals surface area contributed by atoms with Crippen LogP contribution in [0.3, 0.4) is 0 Å². The predicted molar refractivity (Wildman–Crippen MR) is 50.8 cm³/mol. The quantitative estimate of drug-likeness (QED) is 0.690. The highest BCUT2D eigenvalue weighted by atomic mass is 15.2. The minimum Gasteiger partial charge on any atom is -0.368 e. The lowest BCUT2D eigenvalue weighted by atomic mass is 10.3. The summed E-state index contributed by atoms with van der Waals surface area (Å²) in [5.74, 6) is 0.379. The fourth-order valence-corrected chi connectivity index (χ4v) is 1.56. The van der Waals surface area contributed by atoms with E-state index < -0.39 is 0 Å². The zero-order valence-electron chi connectivity index (χ0n) is 7.99. The van der Waals surface area contributed by atoms with Gasteiger partial charge in [0.15, 0.2) is 0 Å². The Balaban J connectivity index is 2.25. The van der Waals surface area contributed by atoms with Gasteiger partial charge in [-0.05, 0) is 13.8 Å². The molecule has 2 heterocycles. The van der Waals surface area contributed by atoms with Crippen LogP contribution in [-0.2, 0) is 13.1 Å². The molecule has 70 valence electrons. The molecule has 2 N–H and O–H groups in total. The molecule has 4 nitrogen and oxygen atoms in total. The summed E-state index contributed by atoms with van der Waals surface area (Å²) in [7, 11) is 0. The van der Waals surface area contributed by atoms with E-state index in [1.165, 1.54) is 5.56 Å². The number of fused-ring (bicyclic) bond motifs is 1. The van der Waals surface area contributed by atoms with Crippen molar-refractivity contribution in [2.24, 2.45) is 0 Å². The lowest BCUT2D eigenvalue weighted by molar-refractivity contribution is 0.226.